The van der Waals surface area contributed by atoms with Gasteiger partial charge in [0.1, 0.15) is 17.9 Å². The summed E-state index contributed by atoms with van der Waals surface area (Å²) in [5.74, 6) is 0.381. The van der Waals surface area contributed by atoms with E-state index in [0.717, 1.165) is 44.3 Å². The van der Waals surface area contributed by atoms with Gasteiger partial charge in [-0.05, 0) is 53.4 Å². The van der Waals surface area contributed by atoms with Crippen molar-refractivity contribution in [3.8, 4) is 16.9 Å². The number of hydrogen-bond acceptors (Lipinski definition) is 6. The molecule has 3 aromatic carbocycles. The summed E-state index contributed by atoms with van der Waals surface area (Å²) in [5, 5.41) is 1.05. The minimum atomic E-state index is -0.283. The monoisotopic (exact) mass is 473 g/mol. The topological polar surface area (TPSA) is 83.9 Å². The number of fused-ring (bicyclic) bond motifs is 1. The first-order chi connectivity index (χ1) is 17.1. The Balaban J connectivity index is 1.54. The molecule has 182 valence electrons. The van der Waals surface area contributed by atoms with Gasteiger partial charge >= 0.3 is 5.97 Å². The lowest BCUT2D eigenvalue weighted by molar-refractivity contribution is -0.143. The zero-order valence-corrected chi connectivity index (χ0v) is 20.2. The average Bonchev–Trinajstić information content (AvgIpc) is 3.26. The van der Waals surface area contributed by atoms with Crippen LogP contribution in [0.25, 0.3) is 22.1 Å². The summed E-state index contributed by atoms with van der Waals surface area (Å²) >= 11 is 0. The molecule has 0 radical (unpaired) electrons. The van der Waals surface area contributed by atoms with Crippen molar-refractivity contribution in [1.29, 1.82) is 0 Å². The highest BCUT2D eigenvalue weighted by Gasteiger charge is 2.14. The maximum Gasteiger partial charge on any atom is 0.310 e. The van der Waals surface area contributed by atoms with Crippen LogP contribution in [0, 0.1) is 6.92 Å². The fourth-order valence-electron chi connectivity index (χ4n) is 4.03. The van der Waals surface area contributed by atoms with Gasteiger partial charge in [-0.15, -0.1) is 0 Å². The van der Waals surface area contributed by atoms with Crippen molar-refractivity contribution in [2.45, 2.75) is 32.9 Å². The molecule has 0 saturated heterocycles. The van der Waals surface area contributed by atoms with Crippen molar-refractivity contribution in [3.63, 3.8) is 0 Å². The van der Waals surface area contributed by atoms with Gasteiger partial charge in [0.2, 0.25) is 0 Å². The molecule has 2 N–H and O–H groups in total. The second-order valence-electron chi connectivity index (χ2n) is 8.48. The molecule has 1 heterocycles. The maximum atomic E-state index is 12.3. The second-order valence-corrected chi connectivity index (χ2v) is 8.48. The quantitative estimate of drug-likeness (QED) is 0.227. The normalized spacial score (nSPS) is 11.1. The Labute approximate surface area is 205 Å². The molecule has 0 aliphatic heterocycles. The van der Waals surface area contributed by atoms with Gasteiger partial charge < -0.3 is 24.4 Å². The number of carbonyl (C=O) groups excluding carboxylic acids is 1. The lowest BCUT2D eigenvalue weighted by atomic mass is 9.98. The third kappa shape index (κ3) is 6.10. The number of esters is 1. The standard InChI is InChI=1S/C29H31NO5/c1-20-18-35-29-25(20)14-22(15-26(29)23-9-5-7-21(13-23)17-30)19-34-27-10-4-3-8-24(27)16-28(31)33-12-6-11-32-2/h3-5,7-10,13-15,18H,6,11-12,16-17,19,30H2,1-2H3. The number of ether oxygens (including phenoxy) is 3. The van der Waals surface area contributed by atoms with E-state index in [1.807, 2.05) is 43.3 Å². The van der Waals surface area contributed by atoms with E-state index in [1.54, 1.807) is 13.4 Å². The highest BCUT2D eigenvalue weighted by molar-refractivity contribution is 5.95. The van der Waals surface area contributed by atoms with E-state index in [2.05, 4.69) is 24.3 Å². The van der Waals surface area contributed by atoms with Crippen LogP contribution in [0.4, 0.5) is 0 Å². The van der Waals surface area contributed by atoms with Crippen molar-refractivity contribution in [2.75, 3.05) is 20.3 Å². The van der Waals surface area contributed by atoms with Crippen LogP contribution in [-0.4, -0.2) is 26.3 Å². The number of para-hydroxylation sites is 1. The van der Waals surface area contributed by atoms with Gasteiger partial charge in [0.25, 0.3) is 0 Å². The maximum absolute atomic E-state index is 12.3. The summed E-state index contributed by atoms with van der Waals surface area (Å²) in [6, 6.07) is 19.9. The Morgan fingerprint density at radius 2 is 1.86 bits per heavy atom. The van der Waals surface area contributed by atoms with E-state index in [4.69, 9.17) is 24.4 Å². The predicted molar refractivity (Wildman–Crippen MR) is 136 cm³/mol. The predicted octanol–water partition coefficient (Wildman–Crippen LogP) is 5.57. The smallest absolute Gasteiger partial charge is 0.310 e. The fourth-order valence-corrected chi connectivity index (χ4v) is 4.03. The molecule has 0 fully saturated rings. The third-order valence-electron chi connectivity index (χ3n) is 5.86. The molecular formula is C29H31NO5. The second kappa shape index (κ2) is 11.7. The Morgan fingerprint density at radius 1 is 1.00 bits per heavy atom. The summed E-state index contributed by atoms with van der Waals surface area (Å²) < 4.78 is 22.4. The van der Waals surface area contributed by atoms with Crippen LogP contribution in [0.15, 0.2) is 71.3 Å². The largest absolute Gasteiger partial charge is 0.489 e. The summed E-state index contributed by atoms with van der Waals surface area (Å²) in [4.78, 5) is 12.3. The SMILES string of the molecule is COCCCOC(=O)Cc1ccccc1OCc1cc(-c2cccc(CN)c2)c2occ(C)c2c1. The van der Waals surface area contributed by atoms with Crippen LogP contribution in [-0.2, 0) is 33.8 Å². The van der Waals surface area contributed by atoms with Crippen molar-refractivity contribution in [3.05, 3.63) is 89.2 Å². The van der Waals surface area contributed by atoms with Crippen molar-refractivity contribution in [2.24, 2.45) is 5.73 Å². The van der Waals surface area contributed by atoms with Crippen LogP contribution in [0.5, 0.6) is 5.75 Å². The van der Waals surface area contributed by atoms with E-state index < -0.39 is 0 Å². The van der Waals surface area contributed by atoms with Gasteiger partial charge in [-0.1, -0.05) is 36.4 Å². The van der Waals surface area contributed by atoms with E-state index in [-0.39, 0.29) is 12.4 Å². The number of hydrogen-bond donors (Lipinski definition) is 1. The molecule has 0 spiro atoms. The Hall–Kier alpha value is -3.61. The van der Waals surface area contributed by atoms with Gasteiger partial charge in [-0.25, -0.2) is 0 Å². The summed E-state index contributed by atoms with van der Waals surface area (Å²) in [6.07, 6.45) is 2.60. The van der Waals surface area contributed by atoms with E-state index in [9.17, 15) is 4.79 Å². The molecule has 6 heteroatoms. The number of carbonyl (C=O) groups is 1. The molecule has 0 bridgehead atoms. The number of rotatable bonds is 11. The number of benzene rings is 3. The van der Waals surface area contributed by atoms with E-state index in [0.29, 0.717) is 38.5 Å². The molecule has 35 heavy (non-hydrogen) atoms. The molecule has 0 unspecified atom stereocenters. The number of methoxy groups -OCH3 is 1. The molecule has 4 rings (SSSR count). The van der Waals surface area contributed by atoms with E-state index in [1.165, 1.54) is 0 Å². The first kappa shape index (κ1) is 24.5. The molecule has 6 nitrogen and oxygen atoms in total. The number of nitrogens with two attached hydrogens (primary N) is 1. The molecular weight excluding hydrogens is 442 g/mol. The van der Waals surface area contributed by atoms with Crippen LogP contribution >= 0.6 is 0 Å². The van der Waals surface area contributed by atoms with Gasteiger partial charge in [0, 0.05) is 43.2 Å². The summed E-state index contributed by atoms with van der Waals surface area (Å²) in [5.41, 5.74) is 12.7. The van der Waals surface area contributed by atoms with Crippen molar-refractivity contribution >= 4 is 16.9 Å². The molecule has 0 atom stereocenters. The number of aryl methyl sites for hydroxylation is 1. The number of furan rings is 1. The van der Waals surface area contributed by atoms with Crippen LogP contribution in [0.1, 0.15) is 28.7 Å². The molecule has 0 aliphatic carbocycles. The first-order valence-corrected chi connectivity index (χ1v) is 11.7. The molecule has 1 aromatic heterocycles. The summed E-state index contributed by atoms with van der Waals surface area (Å²) in [6.45, 7) is 3.76. The van der Waals surface area contributed by atoms with Crippen LogP contribution in [0.2, 0.25) is 0 Å². The van der Waals surface area contributed by atoms with Gasteiger partial charge in [-0.3, -0.25) is 4.79 Å². The molecule has 0 saturated carbocycles. The van der Waals surface area contributed by atoms with Crippen molar-refractivity contribution < 1.29 is 23.4 Å². The van der Waals surface area contributed by atoms with Gasteiger partial charge in [-0.2, -0.15) is 0 Å². The average molecular weight is 474 g/mol. The van der Waals surface area contributed by atoms with Gasteiger partial charge in [0.05, 0.1) is 19.3 Å². The van der Waals surface area contributed by atoms with Crippen molar-refractivity contribution in [1.82, 2.24) is 0 Å². The minimum Gasteiger partial charge on any atom is -0.489 e. The lowest BCUT2D eigenvalue weighted by Gasteiger charge is -2.13. The van der Waals surface area contributed by atoms with Crippen LogP contribution in [0.3, 0.4) is 0 Å². The minimum absolute atomic E-state index is 0.153. The Bertz CT molecular complexity index is 1290. The molecule has 0 aliphatic rings. The zero-order valence-electron chi connectivity index (χ0n) is 20.2. The first-order valence-electron chi connectivity index (χ1n) is 11.7. The highest BCUT2D eigenvalue weighted by Crippen LogP contribution is 2.34. The Morgan fingerprint density at radius 3 is 2.69 bits per heavy atom. The van der Waals surface area contributed by atoms with Gasteiger partial charge in [0.15, 0.2) is 0 Å². The third-order valence-corrected chi connectivity index (χ3v) is 5.86. The molecule has 0 amide bonds. The summed E-state index contributed by atoms with van der Waals surface area (Å²) in [7, 11) is 1.63. The van der Waals surface area contributed by atoms with E-state index >= 15 is 0 Å². The Kier molecular flexibility index (Phi) is 8.19. The lowest BCUT2D eigenvalue weighted by Crippen LogP contribution is -2.11. The zero-order chi connectivity index (χ0) is 24.6. The van der Waals surface area contributed by atoms with Crippen LogP contribution < -0.4 is 10.5 Å². The molecule has 4 aromatic rings. The fraction of sp³-hybridized carbons (Fsp3) is 0.276. The highest BCUT2D eigenvalue weighted by atomic mass is 16.5.